The van der Waals surface area contributed by atoms with Gasteiger partial charge in [0.15, 0.2) is 0 Å². The highest BCUT2D eigenvalue weighted by Gasteiger charge is 2.23. The van der Waals surface area contributed by atoms with Gasteiger partial charge in [-0.3, -0.25) is 0 Å². The summed E-state index contributed by atoms with van der Waals surface area (Å²) in [5.74, 6) is 0.144. The van der Waals surface area contributed by atoms with Crippen molar-refractivity contribution in [1.29, 1.82) is 5.26 Å². The minimum atomic E-state index is -0.137. The molecule has 0 spiro atoms. The zero-order valence-electron chi connectivity index (χ0n) is 9.75. The molecule has 0 fully saturated rings. The first-order valence-electron chi connectivity index (χ1n) is 5.47. The van der Waals surface area contributed by atoms with Gasteiger partial charge in [-0.1, -0.05) is 18.5 Å². The summed E-state index contributed by atoms with van der Waals surface area (Å²) in [5, 5.41) is 12.9. The maximum atomic E-state index is 8.77. The highest BCUT2D eigenvalue weighted by Crippen LogP contribution is 2.31. The van der Waals surface area contributed by atoms with Gasteiger partial charge in [0.1, 0.15) is 18.4 Å². The van der Waals surface area contributed by atoms with E-state index in [1.54, 1.807) is 4.68 Å². The van der Waals surface area contributed by atoms with Crippen LogP contribution in [-0.4, -0.2) is 20.8 Å². The average molecular weight is 282 g/mol. The fourth-order valence-corrected chi connectivity index (χ4v) is 2.94. The summed E-state index contributed by atoms with van der Waals surface area (Å²) in [6.07, 6.45) is 2.33. The number of nitrogens with two attached hydrogens (primary N) is 1. The molecule has 2 aromatic rings. The van der Waals surface area contributed by atoms with Gasteiger partial charge in [0.2, 0.25) is 0 Å². The van der Waals surface area contributed by atoms with Crippen LogP contribution in [0.4, 0.5) is 0 Å². The van der Waals surface area contributed by atoms with Gasteiger partial charge in [0, 0.05) is 10.9 Å². The van der Waals surface area contributed by atoms with Crippen LogP contribution >= 0.6 is 22.9 Å². The highest BCUT2D eigenvalue weighted by atomic mass is 35.5. The molecule has 5 nitrogen and oxygen atoms in total. The number of nitrogens with zero attached hydrogens (tertiary/aromatic N) is 4. The molecule has 2 rings (SSSR count). The molecule has 0 radical (unpaired) electrons. The minimum Gasteiger partial charge on any atom is -0.326 e. The molecule has 7 heteroatoms. The molecule has 2 N–H and O–H groups in total. The Morgan fingerprint density at radius 2 is 2.39 bits per heavy atom. The summed E-state index contributed by atoms with van der Waals surface area (Å²) in [4.78, 5) is 4.93. The smallest absolute Gasteiger partial charge is 0.252 e. The second-order valence-corrected chi connectivity index (χ2v) is 5.57. The third-order valence-electron chi connectivity index (χ3n) is 2.66. The predicted molar refractivity (Wildman–Crippen MR) is 70.5 cm³/mol. The first-order chi connectivity index (χ1) is 8.65. The lowest BCUT2D eigenvalue weighted by Gasteiger charge is -2.21. The minimum absolute atomic E-state index is 0.104. The molecule has 0 aliphatic rings. The van der Waals surface area contributed by atoms with Crippen molar-refractivity contribution >= 4 is 22.9 Å². The van der Waals surface area contributed by atoms with Gasteiger partial charge in [-0.25, -0.2) is 9.67 Å². The van der Waals surface area contributed by atoms with Crippen molar-refractivity contribution in [2.75, 3.05) is 0 Å². The number of thiophene rings is 1. The fraction of sp³-hybridized carbons (Fsp3) is 0.364. The lowest BCUT2D eigenvalue weighted by molar-refractivity contribution is 0.428. The molecule has 0 aromatic carbocycles. The van der Waals surface area contributed by atoms with Gasteiger partial charge in [0.25, 0.3) is 5.82 Å². The molecule has 2 aromatic heterocycles. The van der Waals surface area contributed by atoms with Crippen molar-refractivity contribution in [3.05, 3.63) is 33.5 Å². The van der Waals surface area contributed by atoms with Crippen molar-refractivity contribution in [3.8, 4) is 6.07 Å². The van der Waals surface area contributed by atoms with Gasteiger partial charge in [-0.15, -0.1) is 16.4 Å². The van der Waals surface area contributed by atoms with E-state index in [0.717, 1.165) is 11.3 Å². The number of nitriles is 1. The van der Waals surface area contributed by atoms with E-state index < -0.39 is 0 Å². The summed E-state index contributed by atoms with van der Waals surface area (Å²) >= 11 is 7.42. The van der Waals surface area contributed by atoms with E-state index >= 15 is 0 Å². The van der Waals surface area contributed by atoms with Crippen molar-refractivity contribution < 1.29 is 0 Å². The van der Waals surface area contributed by atoms with E-state index in [1.807, 2.05) is 25.1 Å². The third kappa shape index (κ3) is 2.53. The quantitative estimate of drug-likeness (QED) is 0.931. The zero-order valence-corrected chi connectivity index (χ0v) is 11.3. The number of hydrogen-bond acceptors (Lipinski definition) is 5. The topological polar surface area (TPSA) is 80.5 Å². The van der Waals surface area contributed by atoms with Crippen LogP contribution in [0.2, 0.25) is 4.34 Å². The molecule has 2 unspecified atom stereocenters. The normalized spacial score (nSPS) is 14.1. The van der Waals surface area contributed by atoms with Gasteiger partial charge in [-0.05, 0) is 18.6 Å². The van der Waals surface area contributed by atoms with E-state index in [0.29, 0.717) is 4.34 Å². The fourth-order valence-electron chi connectivity index (χ4n) is 1.71. The Kier molecular flexibility index (Phi) is 3.97. The van der Waals surface area contributed by atoms with Gasteiger partial charge in [0.05, 0.1) is 4.34 Å². The van der Waals surface area contributed by atoms with Crippen molar-refractivity contribution in [2.24, 2.45) is 5.73 Å². The first kappa shape index (κ1) is 13.0. The molecule has 18 heavy (non-hydrogen) atoms. The summed E-state index contributed by atoms with van der Waals surface area (Å²) in [5.41, 5.74) is 6.13. The molecule has 0 saturated heterocycles. The molecule has 0 saturated carbocycles. The molecule has 0 bridgehead atoms. The van der Waals surface area contributed by atoms with Crippen molar-refractivity contribution in [2.45, 2.75) is 25.4 Å². The lowest BCUT2D eigenvalue weighted by Crippen LogP contribution is -2.32. The molecule has 2 heterocycles. The molecule has 0 amide bonds. The van der Waals surface area contributed by atoms with Crippen LogP contribution < -0.4 is 5.73 Å². The van der Waals surface area contributed by atoms with E-state index in [9.17, 15) is 0 Å². The van der Waals surface area contributed by atoms with E-state index in [1.165, 1.54) is 17.7 Å². The average Bonchev–Trinajstić information content (AvgIpc) is 2.99. The molecular weight excluding hydrogens is 270 g/mol. The summed E-state index contributed by atoms with van der Waals surface area (Å²) in [7, 11) is 0. The second-order valence-electron chi connectivity index (χ2n) is 3.82. The van der Waals surface area contributed by atoms with E-state index in [2.05, 4.69) is 10.1 Å². The van der Waals surface area contributed by atoms with Gasteiger partial charge < -0.3 is 5.73 Å². The van der Waals surface area contributed by atoms with Crippen LogP contribution in [0.25, 0.3) is 0 Å². The number of rotatable bonds is 4. The first-order valence-corrected chi connectivity index (χ1v) is 6.67. The Hall–Kier alpha value is -1.42. The molecule has 2 atom stereocenters. The monoisotopic (exact) mass is 281 g/mol. The van der Waals surface area contributed by atoms with Crippen LogP contribution in [0.1, 0.15) is 30.1 Å². The number of aromatic nitrogens is 3. The second kappa shape index (κ2) is 5.48. The van der Waals surface area contributed by atoms with Crippen LogP contribution in [0.15, 0.2) is 18.5 Å². The Balaban J connectivity index is 2.40. The van der Waals surface area contributed by atoms with E-state index in [4.69, 9.17) is 22.6 Å². The van der Waals surface area contributed by atoms with Crippen molar-refractivity contribution in [3.63, 3.8) is 0 Å². The standard InChI is InChI=1S/C11H12ClN5S/c1-2-7(14)11(8-3-4-9(12)18-8)17-6-15-10(5-13)16-17/h3-4,6-7,11H,2,14H2,1H3. The third-order valence-corrected chi connectivity index (χ3v) is 3.96. The van der Waals surface area contributed by atoms with Crippen molar-refractivity contribution in [1.82, 2.24) is 14.8 Å². The highest BCUT2D eigenvalue weighted by molar-refractivity contribution is 7.16. The molecule has 94 valence electrons. The van der Waals surface area contributed by atoms with E-state index in [-0.39, 0.29) is 17.9 Å². The van der Waals surface area contributed by atoms with Gasteiger partial charge >= 0.3 is 0 Å². The maximum absolute atomic E-state index is 8.77. The Bertz CT molecular complexity index is 570. The van der Waals surface area contributed by atoms with Crippen LogP contribution in [0, 0.1) is 11.3 Å². The van der Waals surface area contributed by atoms with Crippen LogP contribution in [0.5, 0.6) is 0 Å². The number of hydrogen-bond donors (Lipinski definition) is 1. The molecule has 0 aliphatic heterocycles. The largest absolute Gasteiger partial charge is 0.326 e. The summed E-state index contributed by atoms with van der Waals surface area (Å²) < 4.78 is 2.34. The predicted octanol–water partition coefficient (Wildman–Crippen LogP) is 2.19. The van der Waals surface area contributed by atoms with Gasteiger partial charge in [-0.2, -0.15) is 5.26 Å². The summed E-state index contributed by atoms with van der Waals surface area (Å²) in [6, 6.07) is 5.43. The Morgan fingerprint density at radius 3 is 2.89 bits per heavy atom. The Labute approximate surface area is 114 Å². The maximum Gasteiger partial charge on any atom is 0.252 e. The van der Waals surface area contributed by atoms with Crippen LogP contribution in [0.3, 0.4) is 0 Å². The zero-order chi connectivity index (χ0) is 13.1. The van der Waals surface area contributed by atoms with Crippen LogP contribution in [-0.2, 0) is 0 Å². The molecular formula is C11H12ClN5S. The molecule has 0 aliphatic carbocycles. The SMILES string of the molecule is CCC(N)C(c1ccc(Cl)s1)n1cnc(C#N)n1. The summed E-state index contributed by atoms with van der Waals surface area (Å²) in [6.45, 7) is 2.01. The number of halogens is 1. The Morgan fingerprint density at radius 1 is 1.61 bits per heavy atom. The lowest BCUT2D eigenvalue weighted by atomic mass is 10.1.